The quantitative estimate of drug-likeness (QED) is 0.712. The molecular formula is C19H27F3N4O2. The van der Waals surface area contributed by atoms with E-state index in [4.69, 9.17) is 4.74 Å². The predicted molar refractivity (Wildman–Crippen MR) is 98.1 cm³/mol. The molecule has 0 aliphatic carbocycles. The van der Waals surface area contributed by atoms with E-state index < -0.39 is 17.6 Å². The molecule has 2 aliphatic heterocycles. The van der Waals surface area contributed by atoms with Crippen molar-refractivity contribution in [2.45, 2.75) is 58.7 Å². The topological polar surface area (TPSA) is 58.6 Å². The Morgan fingerprint density at radius 1 is 1.11 bits per heavy atom. The van der Waals surface area contributed by atoms with Gasteiger partial charge in [0.1, 0.15) is 11.4 Å². The van der Waals surface area contributed by atoms with E-state index >= 15 is 0 Å². The molecule has 3 rings (SSSR count). The molecule has 1 aromatic rings. The standard InChI is InChI=1S/C19H27F3N4O2/c1-13-11-14(24-15(23-13)19(20,21)22)26-10-7-18(12-26)5-8-25(9-6-18)16(27)28-17(2,3)4/h11H,5-10,12H2,1-4H3. The number of alkyl halides is 3. The molecule has 1 spiro atoms. The first-order valence-corrected chi connectivity index (χ1v) is 9.53. The molecule has 0 N–H and O–H groups in total. The molecule has 1 aromatic heterocycles. The molecule has 6 nitrogen and oxygen atoms in total. The summed E-state index contributed by atoms with van der Waals surface area (Å²) in [6.45, 7) is 9.55. The van der Waals surface area contributed by atoms with E-state index in [1.807, 2.05) is 25.7 Å². The maximum absolute atomic E-state index is 13.0. The van der Waals surface area contributed by atoms with Crippen molar-refractivity contribution in [2.24, 2.45) is 5.41 Å². The number of rotatable bonds is 1. The number of hydrogen-bond acceptors (Lipinski definition) is 5. The molecule has 0 bridgehead atoms. The Kier molecular flexibility index (Phi) is 5.22. The zero-order chi connectivity index (χ0) is 20.7. The van der Waals surface area contributed by atoms with Gasteiger partial charge in [0.2, 0.25) is 5.82 Å². The molecule has 2 fully saturated rings. The average Bonchev–Trinajstić information content (AvgIpc) is 2.96. The second kappa shape index (κ2) is 7.08. The van der Waals surface area contributed by atoms with Crippen molar-refractivity contribution in [1.82, 2.24) is 14.9 Å². The van der Waals surface area contributed by atoms with E-state index in [1.165, 1.54) is 0 Å². The molecule has 0 aromatic carbocycles. The zero-order valence-corrected chi connectivity index (χ0v) is 16.8. The van der Waals surface area contributed by atoms with E-state index in [2.05, 4.69) is 9.97 Å². The van der Waals surface area contributed by atoms with Crippen LogP contribution in [0.5, 0.6) is 0 Å². The minimum atomic E-state index is -4.56. The van der Waals surface area contributed by atoms with E-state index in [0.717, 1.165) is 19.3 Å². The van der Waals surface area contributed by atoms with Crippen molar-refractivity contribution >= 4 is 11.9 Å². The Bertz CT molecular complexity index is 738. The van der Waals surface area contributed by atoms with Crippen molar-refractivity contribution in [3.63, 3.8) is 0 Å². The van der Waals surface area contributed by atoms with Gasteiger partial charge >= 0.3 is 12.3 Å². The Balaban J connectivity index is 1.65. The molecular weight excluding hydrogens is 373 g/mol. The summed E-state index contributed by atoms with van der Waals surface area (Å²) in [4.78, 5) is 23.1. The van der Waals surface area contributed by atoms with Crippen molar-refractivity contribution in [3.8, 4) is 0 Å². The highest BCUT2D eigenvalue weighted by molar-refractivity contribution is 5.68. The molecule has 28 heavy (non-hydrogen) atoms. The van der Waals surface area contributed by atoms with E-state index in [1.54, 1.807) is 17.9 Å². The molecule has 2 aliphatic rings. The summed E-state index contributed by atoms with van der Waals surface area (Å²) in [6, 6.07) is 1.60. The van der Waals surface area contributed by atoms with Gasteiger partial charge in [0, 0.05) is 37.9 Å². The molecule has 0 atom stereocenters. The largest absolute Gasteiger partial charge is 0.451 e. The monoisotopic (exact) mass is 400 g/mol. The number of anilines is 1. The molecule has 156 valence electrons. The zero-order valence-electron chi connectivity index (χ0n) is 16.8. The van der Waals surface area contributed by atoms with E-state index in [0.29, 0.717) is 37.7 Å². The van der Waals surface area contributed by atoms with Gasteiger partial charge in [0.25, 0.3) is 0 Å². The van der Waals surface area contributed by atoms with Crippen LogP contribution < -0.4 is 4.90 Å². The maximum atomic E-state index is 13.0. The normalized spacial score (nSPS) is 20.0. The van der Waals surface area contributed by atoms with Gasteiger partial charge in [0.15, 0.2) is 0 Å². The second-order valence-corrected chi connectivity index (χ2v) is 8.83. The van der Waals surface area contributed by atoms with Gasteiger partial charge in [0.05, 0.1) is 0 Å². The number of likely N-dealkylation sites (tertiary alicyclic amines) is 1. The molecule has 0 unspecified atom stereocenters. The van der Waals surface area contributed by atoms with Crippen LogP contribution >= 0.6 is 0 Å². The lowest BCUT2D eigenvalue weighted by Crippen LogP contribution is -2.46. The SMILES string of the molecule is Cc1cc(N2CCC3(CCN(C(=O)OC(C)(C)C)CC3)C2)nc(C(F)(F)F)n1. The maximum Gasteiger partial charge on any atom is 0.451 e. The van der Waals surface area contributed by atoms with Crippen molar-refractivity contribution < 1.29 is 22.7 Å². The van der Waals surface area contributed by atoms with Gasteiger partial charge in [-0.25, -0.2) is 14.8 Å². The first kappa shape index (κ1) is 20.7. The van der Waals surface area contributed by atoms with Crippen LogP contribution in [0.1, 0.15) is 51.6 Å². The highest BCUT2D eigenvalue weighted by Crippen LogP contribution is 2.42. The first-order chi connectivity index (χ1) is 12.9. The molecule has 1 amide bonds. The van der Waals surface area contributed by atoms with Crippen LogP contribution in [0.2, 0.25) is 0 Å². The number of piperidine rings is 1. The van der Waals surface area contributed by atoms with Crippen LogP contribution in [0.4, 0.5) is 23.8 Å². The van der Waals surface area contributed by atoms with Crippen LogP contribution in [0.15, 0.2) is 6.07 Å². The van der Waals surface area contributed by atoms with Gasteiger partial charge < -0.3 is 14.5 Å². The summed E-state index contributed by atoms with van der Waals surface area (Å²) < 4.78 is 44.5. The highest BCUT2D eigenvalue weighted by Gasteiger charge is 2.43. The van der Waals surface area contributed by atoms with Gasteiger partial charge in [-0.2, -0.15) is 13.2 Å². The Hall–Kier alpha value is -2.06. The van der Waals surface area contributed by atoms with E-state index in [9.17, 15) is 18.0 Å². The Labute approximate surface area is 163 Å². The van der Waals surface area contributed by atoms with Crippen LogP contribution in [-0.2, 0) is 10.9 Å². The minimum absolute atomic E-state index is 0.00420. The highest BCUT2D eigenvalue weighted by atomic mass is 19.4. The summed E-state index contributed by atoms with van der Waals surface area (Å²) in [5, 5.41) is 0. The smallest absolute Gasteiger partial charge is 0.444 e. The fourth-order valence-electron chi connectivity index (χ4n) is 3.87. The third-order valence-corrected chi connectivity index (χ3v) is 5.33. The summed E-state index contributed by atoms with van der Waals surface area (Å²) >= 11 is 0. The summed E-state index contributed by atoms with van der Waals surface area (Å²) in [5.74, 6) is -0.769. The van der Waals surface area contributed by atoms with Gasteiger partial charge in [-0.1, -0.05) is 0 Å². The minimum Gasteiger partial charge on any atom is -0.444 e. The molecule has 0 radical (unpaired) electrons. The van der Waals surface area contributed by atoms with Crippen molar-refractivity contribution in [1.29, 1.82) is 0 Å². The third-order valence-electron chi connectivity index (χ3n) is 5.33. The lowest BCUT2D eigenvalue weighted by atomic mass is 9.78. The van der Waals surface area contributed by atoms with E-state index in [-0.39, 0.29) is 11.5 Å². The van der Waals surface area contributed by atoms with Crippen LogP contribution in [0, 0.1) is 12.3 Å². The lowest BCUT2D eigenvalue weighted by molar-refractivity contribution is -0.145. The number of nitrogens with zero attached hydrogens (tertiary/aromatic N) is 4. The number of carbonyl (C=O) groups excluding carboxylic acids is 1. The summed E-state index contributed by atoms with van der Waals surface area (Å²) in [5.41, 5.74) is -0.231. The van der Waals surface area contributed by atoms with Crippen molar-refractivity contribution in [3.05, 3.63) is 17.6 Å². The lowest BCUT2D eigenvalue weighted by Gasteiger charge is -2.39. The Morgan fingerprint density at radius 3 is 2.29 bits per heavy atom. The summed E-state index contributed by atoms with van der Waals surface area (Å²) in [6.07, 6.45) is -2.38. The van der Waals surface area contributed by atoms with Crippen molar-refractivity contribution in [2.75, 3.05) is 31.1 Å². The number of halogens is 3. The van der Waals surface area contributed by atoms with Gasteiger partial charge in [-0.15, -0.1) is 0 Å². The third kappa shape index (κ3) is 4.67. The fourth-order valence-corrected chi connectivity index (χ4v) is 3.87. The number of amides is 1. The summed E-state index contributed by atoms with van der Waals surface area (Å²) in [7, 11) is 0. The number of ether oxygens (including phenoxy) is 1. The van der Waals surface area contributed by atoms with Crippen LogP contribution in [-0.4, -0.2) is 52.7 Å². The number of aryl methyl sites for hydroxylation is 1. The molecule has 2 saturated heterocycles. The number of hydrogen-bond donors (Lipinski definition) is 0. The average molecular weight is 400 g/mol. The van der Waals surface area contributed by atoms with Crippen LogP contribution in [0.25, 0.3) is 0 Å². The van der Waals surface area contributed by atoms with Gasteiger partial charge in [-0.05, 0) is 52.4 Å². The number of carbonyl (C=O) groups is 1. The molecule has 9 heteroatoms. The fraction of sp³-hybridized carbons (Fsp3) is 0.737. The number of aromatic nitrogens is 2. The molecule has 0 saturated carbocycles. The van der Waals surface area contributed by atoms with Gasteiger partial charge in [-0.3, -0.25) is 0 Å². The Morgan fingerprint density at radius 2 is 1.71 bits per heavy atom. The first-order valence-electron chi connectivity index (χ1n) is 9.53. The predicted octanol–water partition coefficient (Wildman–Crippen LogP) is 4.03. The molecule has 3 heterocycles. The second-order valence-electron chi connectivity index (χ2n) is 8.83. The van der Waals surface area contributed by atoms with Crippen LogP contribution in [0.3, 0.4) is 0 Å².